The number of hydrogen-bond acceptors (Lipinski definition) is 4. The van der Waals surface area contributed by atoms with E-state index in [2.05, 4.69) is 34.2 Å². The Kier molecular flexibility index (Phi) is 4.27. The van der Waals surface area contributed by atoms with Crippen LogP contribution in [0.1, 0.15) is 18.5 Å². The molecule has 1 saturated heterocycles. The first-order valence-electron chi connectivity index (χ1n) is 6.10. The van der Waals surface area contributed by atoms with Gasteiger partial charge in [-0.25, -0.2) is 0 Å². The zero-order chi connectivity index (χ0) is 13.3. The summed E-state index contributed by atoms with van der Waals surface area (Å²) in [5.74, 6) is 0. The highest BCUT2D eigenvalue weighted by molar-refractivity contribution is 9.10. The number of rotatable bonds is 3. The van der Waals surface area contributed by atoms with Crippen molar-refractivity contribution in [2.24, 2.45) is 0 Å². The zero-order valence-electron chi connectivity index (χ0n) is 10.6. The summed E-state index contributed by atoms with van der Waals surface area (Å²) in [6.07, 6.45) is -1.32. The lowest BCUT2D eigenvalue weighted by atomic mass is 10.1. The third-order valence-electron chi connectivity index (χ3n) is 3.49. The van der Waals surface area contributed by atoms with Crippen molar-refractivity contribution in [1.82, 2.24) is 5.32 Å². The van der Waals surface area contributed by atoms with Crippen molar-refractivity contribution in [1.29, 1.82) is 0 Å². The van der Waals surface area contributed by atoms with Gasteiger partial charge in [0.2, 0.25) is 0 Å². The fourth-order valence-corrected chi connectivity index (χ4v) is 2.66. The summed E-state index contributed by atoms with van der Waals surface area (Å²) in [5.41, 5.74) is 2.23. The Morgan fingerprint density at radius 2 is 1.94 bits per heavy atom. The molecule has 0 spiro atoms. The van der Waals surface area contributed by atoms with Crippen LogP contribution in [-0.4, -0.2) is 42.6 Å². The van der Waals surface area contributed by atoms with Crippen LogP contribution in [0.2, 0.25) is 0 Å². The first kappa shape index (κ1) is 13.8. The van der Waals surface area contributed by atoms with Gasteiger partial charge in [-0.1, -0.05) is 15.9 Å². The maximum Gasteiger partial charge on any atom is 0.0990 e. The van der Waals surface area contributed by atoms with E-state index in [9.17, 15) is 10.2 Å². The van der Waals surface area contributed by atoms with Crippen LogP contribution < -0.4 is 10.2 Å². The Bertz CT molecular complexity index is 417. The maximum absolute atomic E-state index is 9.65. The van der Waals surface area contributed by atoms with Gasteiger partial charge in [-0.3, -0.25) is 0 Å². The standard InChI is InChI=1S/C13H19BrN2O2/c1-8(15-2)10-5-9(14)3-4-11(10)16-6-12(17)13(18)7-16/h3-5,8,12-13,15,17-18H,6-7H2,1-2H3. The van der Waals surface area contributed by atoms with Gasteiger partial charge in [-0.05, 0) is 37.7 Å². The van der Waals surface area contributed by atoms with E-state index in [1.807, 2.05) is 24.1 Å². The minimum Gasteiger partial charge on any atom is -0.389 e. The van der Waals surface area contributed by atoms with Crippen molar-refractivity contribution in [2.45, 2.75) is 25.2 Å². The number of β-amino-alcohol motifs (C(OH)–C–C–N with tert-alkyl or cyclic N) is 2. The number of anilines is 1. The van der Waals surface area contributed by atoms with Gasteiger partial charge in [0.15, 0.2) is 0 Å². The SMILES string of the molecule is CNC(C)c1cc(Br)ccc1N1CC(O)C(O)C1. The van der Waals surface area contributed by atoms with Crippen molar-refractivity contribution in [3.63, 3.8) is 0 Å². The molecule has 2 rings (SSSR count). The molecule has 1 fully saturated rings. The van der Waals surface area contributed by atoms with E-state index in [0.717, 1.165) is 15.7 Å². The van der Waals surface area contributed by atoms with E-state index in [-0.39, 0.29) is 6.04 Å². The number of hydrogen-bond donors (Lipinski definition) is 3. The second kappa shape index (κ2) is 5.57. The molecule has 1 aromatic rings. The van der Waals surface area contributed by atoms with Gasteiger partial charge in [0.1, 0.15) is 0 Å². The molecule has 100 valence electrons. The van der Waals surface area contributed by atoms with Crippen molar-refractivity contribution >= 4 is 21.6 Å². The van der Waals surface area contributed by atoms with Gasteiger partial charge in [0.25, 0.3) is 0 Å². The highest BCUT2D eigenvalue weighted by Crippen LogP contribution is 2.31. The average molecular weight is 315 g/mol. The predicted octanol–water partition coefficient (Wildman–Crippen LogP) is 1.27. The van der Waals surface area contributed by atoms with E-state index in [0.29, 0.717) is 13.1 Å². The molecule has 1 aromatic carbocycles. The Morgan fingerprint density at radius 3 is 2.50 bits per heavy atom. The molecule has 0 saturated carbocycles. The Balaban J connectivity index is 2.32. The summed E-state index contributed by atoms with van der Waals surface area (Å²) in [4.78, 5) is 2.03. The summed E-state index contributed by atoms with van der Waals surface area (Å²) in [7, 11) is 1.92. The van der Waals surface area contributed by atoms with Crippen molar-refractivity contribution in [3.05, 3.63) is 28.2 Å². The Morgan fingerprint density at radius 1 is 1.33 bits per heavy atom. The number of halogens is 1. The van der Waals surface area contributed by atoms with Gasteiger partial charge in [0, 0.05) is 29.3 Å². The molecule has 0 bridgehead atoms. The third kappa shape index (κ3) is 2.69. The van der Waals surface area contributed by atoms with E-state index < -0.39 is 12.2 Å². The molecule has 4 nitrogen and oxygen atoms in total. The normalized spacial score (nSPS) is 25.5. The van der Waals surface area contributed by atoms with Crippen LogP contribution in [0.25, 0.3) is 0 Å². The largest absolute Gasteiger partial charge is 0.389 e. The molecule has 0 aliphatic carbocycles. The van der Waals surface area contributed by atoms with E-state index in [1.54, 1.807) is 0 Å². The number of aliphatic hydroxyl groups excluding tert-OH is 2. The minimum absolute atomic E-state index is 0.215. The third-order valence-corrected chi connectivity index (χ3v) is 3.98. The number of benzene rings is 1. The lowest BCUT2D eigenvalue weighted by Gasteiger charge is -2.24. The lowest BCUT2D eigenvalue weighted by molar-refractivity contribution is 0.0572. The molecule has 0 radical (unpaired) electrons. The summed E-state index contributed by atoms with van der Waals surface area (Å²) in [5, 5.41) is 22.5. The second-order valence-electron chi connectivity index (χ2n) is 4.75. The van der Waals surface area contributed by atoms with Crippen LogP contribution in [0, 0.1) is 0 Å². The first-order chi connectivity index (χ1) is 8.52. The van der Waals surface area contributed by atoms with Crippen LogP contribution in [0.15, 0.2) is 22.7 Å². The minimum atomic E-state index is -0.661. The highest BCUT2D eigenvalue weighted by atomic mass is 79.9. The molecule has 1 aliphatic heterocycles. The molecule has 3 unspecified atom stereocenters. The van der Waals surface area contributed by atoms with Crippen LogP contribution in [0.3, 0.4) is 0 Å². The average Bonchev–Trinajstić information content (AvgIpc) is 2.68. The van der Waals surface area contributed by atoms with Crippen LogP contribution in [-0.2, 0) is 0 Å². The van der Waals surface area contributed by atoms with E-state index >= 15 is 0 Å². The monoisotopic (exact) mass is 314 g/mol. The summed E-state index contributed by atoms with van der Waals surface area (Å²) in [6.45, 7) is 3.05. The first-order valence-corrected chi connectivity index (χ1v) is 6.90. The summed E-state index contributed by atoms with van der Waals surface area (Å²) >= 11 is 3.48. The predicted molar refractivity (Wildman–Crippen MR) is 75.8 cm³/mol. The number of nitrogens with zero attached hydrogens (tertiary/aromatic N) is 1. The molecule has 1 heterocycles. The molecule has 0 amide bonds. The van der Waals surface area contributed by atoms with Gasteiger partial charge in [0.05, 0.1) is 12.2 Å². The molecule has 3 atom stereocenters. The van der Waals surface area contributed by atoms with Gasteiger partial charge < -0.3 is 20.4 Å². The fraction of sp³-hybridized carbons (Fsp3) is 0.538. The Hall–Kier alpha value is -0.620. The quantitative estimate of drug-likeness (QED) is 0.786. The lowest BCUT2D eigenvalue weighted by Crippen LogP contribution is -2.24. The van der Waals surface area contributed by atoms with Crippen LogP contribution in [0.5, 0.6) is 0 Å². The maximum atomic E-state index is 9.65. The number of aliphatic hydroxyl groups is 2. The second-order valence-corrected chi connectivity index (χ2v) is 5.67. The Labute approximate surface area is 116 Å². The fourth-order valence-electron chi connectivity index (χ4n) is 2.28. The van der Waals surface area contributed by atoms with Crippen molar-refractivity contribution in [2.75, 3.05) is 25.0 Å². The molecular weight excluding hydrogens is 296 g/mol. The van der Waals surface area contributed by atoms with Gasteiger partial charge in [-0.15, -0.1) is 0 Å². The smallest absolute Gasteiger partial charge is 0.0990 e. The molecular formula is C13H19BrN2O2. The molecule has 0 aromatic heterocycles. The highest BCUT2D eigenvalue weighted by Gasteiger charge is 2.31. The number of nitrogens with one attached hydrogen (secondary N) is 1. The summed E-state index contributed by atoms with van der Waals surface area (Å²) in [6, 6.07) is 6.30. The summed E-state index contributed by atoms with van der Waals surface area (Å²) < 4.78 is 1.03. The van der Waals surface area contributed by atoms with Gasteiger partial charge in [-0.2, -0.15) is 0 Å². The zero-order valence-corrected chi connectivity index (χ0v) is 12.2. The molecule has 18 heavy (non-hydrogen) atoms. The van der Waals surface area contributed by atoms with E-state index in [4.69, 9.17) is 0 Å². The molecule has 1 aliphatic rings. The van der Waals surface area contributed by atoms with Crippen molar-refractivity contribution in [3.8, 4) is 0 Å². The van der Waals surface area contributed by atoms with Crippen LogP contribution in [0.4, 0.5) is 5.69 Å². The topological polar surface area (TPSA) is 55.7 Å². The molecule has 5 heteroatoms. The van der Waals surface area contributed by atoms with Gasteiger partial charge >= 0.3 is 0 Å². The van der Waals surface area contributed by atoms with Crippen LogP contribution >= 0.6 is 15.9 Å². The van der Waals surface area contributed by atoms with Crippen molar-refractivity contribution < 1.29 is 10.2 Å². The van der Waals surface area contributed by atoms with E-state index in [1.165, 1.54) is 0 Å². The molecule has 3 N–H and O–H groups in total.